The molecule has 0 aromatic heterocycles. The van der Waals surface area contributed by atoms with E-state index in [-0.39, 0.29) is 17.2 Å². The smallest absolute Gasteiger partial charge is 0.138 e. The van der Waals surface area contributed by atoms with Crippen LogP contribution in [0.2, 0.25) is 0 Å². The van der Waals surface area contributed by atoms with Crippen LogP contribution >= 0.6 is 0 Å². The molecule has 0 amide bonds. The third kappa shape index (κ3) is 3.37. The Morgan fingerprint density at radius 2 is 2.20 bits per heavy atom. The molecule has 4 heteroatoms. The van der Waals surface area contributed by atoms with Crippen LogP contribution in [0.1, 0.15) is 50.2 Å². The zero-order chi connectivity index (χ0) is 14.5. The number of hydrogen-bond acceptors (Lipinski definition) is 2. The third-order valence-corrected chi connectivity index (χ3v) is 4.21. The first-order valence-electron chi connectivity index (χ1n) is 7.49. The molecule has 110 valence electrons. The SMILES string of the molecule is CCC1CCCCCN1Cc1cccc(C(=N)N)c1F. The highest BCUT2D eigenvalue weighted by Gasteiger charge is 2.21. The van der Waals surface area contributed by atoms with Gasteiger partial charge in [-0.25, -0.2) is 4.39 Å². The molecule has 1 aliphatic heterocycles. The number of nitrogen functional groups attached to an aromatic ring is 1. The maximum atomic E-state index is 14.4. The minimum absolute atomic E-state index is 0.202. The molecule has 1 atom stereocenters. The van der Waals surface area contributed by atoms with E-state index in [1.165, 1.54) is 25.7 Å². The van der Waals surface area contributed by atoms with Gasteiger partial charge in [-0.05, 0) is 31.9 Å². The topological polar surface area (TPSA) is 53.1 Å². The van der Waals surface area contributed by atoms with Gasteiger partial charge in [-0.15, -0.1) is 0 Å². The zero-order valence-corrected chi connectivity index (χ0v) is 12.2. The minimum atomic E-state index is -0.334. The Morgan fingerprint density at radius 3 is 2.90 bits per heavy atom. The molecule has 1 aromatic rings. The quantitative estimate of drug-likeness (QED) is 0.655. The molecule has 0 bridgehead atoms. The van der Waals surface area contributed by atoms with Crippen molar-refractivity contribution in [3.8, 4) is 0 Å². The average Bonchev–Trinajstić information content (AvgIpc) is 2.65. The van der Waals surface area contributed by atoms with Crippen LogP contribution in [0.3, 0.4) is 0 Å². The summed E-state index contributed by atoms with van der Waals surface area (Å²) in [6, 6.07) is 5.70. The van der Waals surface area contributed by atoms with Crippen molar-refractivity contribution in [2.75, 3.05) is 6.54 Å². The number of likely N-dealkylation sites (tertiary alicyclic amines) is 1. The molecule has 0 spiro atoms. The summed E-state index contributed by atoms with van der Waals surface area (Å²) >= 11 is 0. The summed E-state index contributed by atoms with van der Waals surface area (Å²) in [4.78, 5) is 2.38. The van der Waals surface area contributed by atoms with E-state index < -0.39 is 0 Å². The first-order valence-corrected chi connectivity index (χ1v) is 7.49. The maximum absolute atomic E-state index is 14.4. The van der Waals surface area contributed by atoms with Crippen LogP contribution < -0.4 is 5.73 Å². The van der Waals surface area contributed by atoms with Gasteiger partial charge in [-0.1, -0.05) is 31.9 Å². The van der Waals surface area contributed by atoms with E-state index in [2.05, 4.69) is 11.8 Å². The number of nitrogens with zero attached hydrogens (tertiary/aromatic N) is 1. The van der Waals surface area contributed by atoms with E-state index in [1.54, 1.807) is 18.2 Å². The van der Waals surface area contributed by atoms with Crippen molar-refractivity contribution in [1.29, 1.82) is 5.41 Å². The van der Waals surface area contributed by atoms with E-state index in [1.807, 2.05) is 0 Å². The van der Waals surface area contributed by atoms with Gasteiger partial charge >= 0.3 is 0 Å². The van der Waals surface area contributed by atoms with Crippen LogP contribution in [0, 0.1) is 11.2 Å². The Hall–Kier alpha value is -1.42. The second kappa shape index (κ2) is 6.84. The van der Waals surface area contributed by atoms with E-state index in [4.69, 9.17) is 11.1 Å². The van der Waals surface area contributed by atoms with E-state index in [9.17, 15) is 4.39 Å². The van der Waals surface area contributed by atoms with Gasteiger partial charge in [0.25, 0.3) is 0 Å². The molecule has 3 nitrogen and oxygen atoms in total. The molecule has 1 aromatic carbocycles. The van der Waals surface area contributed by atoms with Gasteiger partial charge in [0.15, 0.2) is 0 Å². The predicted octanol–water partition coefficient (Wildman–Crippen LogP) is 3.26. The van der Waals surface area contributed by atoms with Crippen LogP contribution in [0.4, 0.5) is 4.39 Å². The van der Waals surface area contributed by atoms with Gasteiger partial charge in [0.1, 0.15) is 11.7 Å². The highest BCUT2D eigenvalue weighted by Crippen LogP contribution is 2.23. The van der Waals surface area contributed by atoms with Gasteiger partial charge in [0.05, 0.1) is 5.56 Å². The Morgan fingerprint density at radius 1 is 1.40 bits per heavy atom. The highest BCUT2D eigenvalue weighted by molar-refractivity contribution is 5.95. The molecule has 0 radical (unpaired) electrons. The lowest BCUT2D eigenvalue weighted by molar-refractivity contribution is 0.184. The van der Waals surface area contributed by atoms with Crippen molar-refractivity contribution in [2.45, 2.75) is 51.6 Å². The Balaban J connectivity index is 2.19. The first kappa shape index (κ1) is 15.0. The molecule has 20 heavy (non-hydrogen) atoms. The van der Waals surface area contributed by atoms with Gasteiger partial charge < -0.3 is 5.73 Å². The predicted molar refractivity (Wildman–Crippen MR) is 80.4 cm³/mol. The molecular formula is C16H24FN3. The number of nitrogens with one attached hydrogen (secondary N) is 1. The maximum Gasteiger partial charge on any atom is 0.138 e. The molecule has 0 saturated carbocycles. The lowest BCUT2D eigenvalue weighted by Gasteiger charge is -2.29. The summed E-state index contributed by atoms with van der Waals surface area (Å²) in [6.07, 6.45) is 6.02. The fourth-order valence-electron chi connectivity index (χ4n) is 3.04. The number of hydrogen-bond donors (Lipinski definition) is 2. The third-order valence-electron chi connectivity index (χ3n) is 4.21. The van der Waals surface area contributed by atoms with Gasteiger partial charge in [-0.3, -0.25) is 10.3 Å². The molecule has 1 aliphatic rings. The van der Waals surface area contributed by atoms with Crippen LogP contribution in [-0.2, 0) is 6.54 Å². The number of nitrogens with two attached hydrogens (primary N) is 1. The normalized spacial score (nSPS) is 20.6. The van der Waals surface area contributed by atoms with Crippen LogP contribution in [0.5, 0.6) is 0 Å². The number of rotatable bonds is 4. The summed E-state index contributed by atoms with van der Waals surface area (Å²) in [5.74, 6) is -0.536. The molecule has 1 heterocycles. The number of amidine groups is 1. The van der Waals surface area contributed by atoms with Gasteiger partial charge in [-0.2, -0.15) is 0 Å². The summed E-state index contributed by atoms with van der Waals surface area (Å²) in [7, 11) is 0. The molecule has 0 aliphatic carbocycles. The molecule has 1 unspecified atom stereocenters. The molecule has 2 rings (SSSR count). The summed E-state index contributed by atoms with van der Waals surface area (Å²) in [5, 5.41) is 7.43. The van der Waals surface area contributed by atoms with Crippen molar-refractivity contribution in [3.63, 3.8) is 0 Å². The number of benzene rings is 1. The van der Waals surface area contributed by atoms with Crippen LogP contribution in [-0.4, -0.2) is 23.3 Å². The van der Waals surface area contributed by atoms with Crippen LogP contribution in [0.15, 0.2) is 18.2 Å². The second-order valence-electron chi connectivity index (χ2n) is 5.57. The van der Waals surface area contributed by atoms with E-state index in [0.717, 1.165) is 13.0 Å². The van der Waals surface area contributed by atoms with Crippen molar-refractivity contribution >= 4 is 5.84 Å². The second-order valence-corrected chi connectivity index (χ2v) is 5.57. The molecular weight excluding hydrogens is 253 g/mol. The van der Waals surface area contributed by atoms with Crippen molar-refractivity contribution in [2.24, 2.45) is 5.73 Å². The largest absolute Gasteiger partial charge is 0.384 e. The van der Waals surface area contributed by atoms with Gasteiger partial charge in [0, 0.05) is 18.2 Å². The summed E-state index contributed by atoms with van der Waals surface area (Å²) in [5.41, 5.74) is 6.29. The summed E-state index contributed by atoms with van der Waals surface area (Å²) < 4.78 is 14.4. The fourth-order valence-corrected chi connectivity index (χ4v) is 3.04. The molecule has 1 fully saturated rings. The van der Waals surface area contributed by atoms with Crippen LogP contribution in [0.25, 0.3) is 0 Å². The average molecular weight is 277 g/mol. The monoisotopic (exact) mass is 277 g/mol. The number of halogens is 1. The first-order chi connectivity index (χ1) is 9.63. The van der Waals surface area contributed by atoms with Gasteiger partial charge in [0.2, 0.25) is 0 Å². The zero-order valence-electron chi connectivity index (χ0n) is 12.2. The molecule has 1 saturated heterocycles. The Bertz CT molecular complexity index is 473. The Kier molecular flexibility index (Phi) is 5.12. The lowest BCUT2D eigenvalue weighted by Crippen LogP contribution is -2.34. The fraction of sp³-hybridized carbons (Fsp3) is 0.562. The van der Waals surface area contributed by atoms with E-state index >= 15 is 0 Å². The van der Waals surface area contributed by atoms with Crippen molar-refractivity contribution in [3.05, 3.63) is 35.1 Å². The van der Waals surface area contributed by atoms with Crippen molar-refractivity contribution < 1.29 is 4.39 Å². The lowest BCUT2D eigenvalue weighted by atomic mass is 10.0. The summed E-state index contributed by atoms with van der Waals surface area (Å²) in [6.45, 7) is 3.85. The molecule has 3 N–H and O–H groups in total. The highest BCUT2D eigenvalue weighted by atomic mass is 19.1. The minimum Gasteiger partial charge on any atom is -0.384 e. The standard InChI is InChI=1S/C16H24FN3/c1-2-13-8-4-3-5-10-20(13)11-12-7-6-9-14(15(12)17)16(18)19/h6-7,9,13H,2-5,8,10-11H2,1H3,(H3,18,19). The van der Waals surface area contributed by atoms with E-state index in [0.29, 0.717) is 18.2 Å². The Labute approximate surface area is 120 Å². The van der Waals surface area contributed by atoms with Crippen molar-refractivity contribution in [1.82, 2.24) is 4.90 Å².